The fourth-order valence-corrected chi connectivity index (χ4v) is 4.33. The van der Waals surface area contributed by atoms with Gasteiger partial charge in [0.15, 0.2) is 0 Å². The van der Waals surface area contributed by atoms with Gasteiger partial charge in [-0.3, -0.25) is 4.79 Å². The van der Waals surface area contributed by atoms with Crippen LogP contribution in [-0.2, 0) is 10.9 Å². The van der Waals surface area contributed by atoms with Crippen LogP contribution in [0.25, 0.3) is 10.6 Å². The van der Waals surface area contributed by atoms with Crippen LogP contribution in [0.2, 0.25) is 0 Å². The molecule has 3 aromatic rings. The molecule has 1 aliphatic heterocycles. The maximum absolute atomic E-state index is 13.1. The number of alkyl halides is 3. The predicted octanol–water partition coefficient (Wildman–Crippen LogP) is 5.22. The molecule has 2 atom stereocenters. The lowest BCUT2D eigenvalue weighted by molar-refractivity contribution is -0.145. The lowest BCUT2D eigenvalue weighted by Crippen LogP contribution is -2.27. The van der Waals surface area contributed by atoms with Crippen molar-refractivity contribution >= 4 is 17.2 Å². The first-order valence-electron chi connectivity index (χ1n) is 11.0. The second-order valence-corrected chi connectivity index (χ2v) is 10.2. The van der Waals surface area contributed by atoms with Crippen molar-refractivity contribution in [3.05, 3.63) is 58.6 Å². The molecule has 1 amide bonds. The van der Waals surface area contributed by atoms with Crippen LogP contribution >= 0.6 is 11.3 Å². The summed E-state index contributed by atoms with van der Waals surface area (Å²) in [6.07, 6.45) is 0.149. The quantitative estimate of drug-likeness (QED) is 0.473. The Morgan fingerprint density at radius 3 is 2.57 bits per heavy atom. The van der Waals surface area contributed by atoms with Gasteiger partial charge in [0.05, 0.1) is 19.3 Å². The van der Waals surface area contributed by atoms with Crippen molar-refractivity contribution in [2.24, 2.45) is 5.41 Å². The first kappa shape index (κ1) is 25.1. The molecule has 1 fully saturated rings. The molecule has 186 valence electrons. The molecule has 3 heterocycles. The number of carbonyl (C=O) groups excluding carboxylic acids is 1. The van der Waals surface area contributed by atoms with Crippen LogP contribution in [-0.4, -0.2) is 40.7 Å². The van der Waals surface area contributed by atoms with E-state index >= 15 is 0 Å². The molecule has 1 aromatic carbocycles. The lowest BCUT2D eigenvalue weighted by Gasteiger charge is -2.22. The van der Waals surface area contributed by atoms with Crippen molar-refractivity contribution in [3.63, 3.8) is 0 Å². The third-order valence-corrected chi connectivity index (χ3v) is 6.66. The number of aromatic nitrogens is 3. The standard InChI is InChI=1S/C24H25F3N4O3S/c1-14-9-28-21(35-14)17-6-16(7-19(8-17)34-13-23(3)4-5-33-12-23)20(32)31-15(2)18-10-29-22(30-11-18)24(25,26)27/h6-11,15H,4-5,12-13H2,1-3H3,(H,31,32)/t15-,23?/m0/s1. The molecule has 35 heavy (non-hydrogen) atoms. The van der Waals surface area contributed by atoms with E-state index in [1.54, 1.807) is 25.3 Å². The lowest BCUT2D eigenvalue weighted by atomic mass is 9.91. The Morgan fingerprint density at radius 2 is 1.97 bits per heavy atom. The zero-order valence-corrected chi connectivity index (χ0v) is 20.3. The van der Waals surface area contributed by atoms with Crippen molar-refractivity contribution in [3.8, 4) is 16.3 Å². The van der Waals surface area contributed by atoms with E-state index in [2.05, 4.69) is 27.2 Å². The Balaban J connectivity index is 1.55. The highest BCUT2D eigenvalue weighted by atomic mass is 32.1. The van der Waals surface area contributed by atoms with Crippen LogP contribution in [0.1, 0.15) is 52.9 Å². The Hall–Kier alpha value is -3.05. The number of aryl methyl sites for hydroxylation is 1. The van der Waals surface area contributed by atoms with Gasteiger partial charge in [-0.25, -0.2) is 15.0 Å². The summed E-state index contributed by atoms with van der Waals surface area (Å²) in [6.45, 7) is 7.43. The number of benzene rings is 1. The zero-order chi connectivity index (χ0) is 25.2. The summed E-state index contributed by atoms with van der Waals surface area (Å²) in [5.41, 5.74) is 1.33. The molecule has 2 aromatic heterocycles. The molecule has 1 N–H and O–H groups in total. The van der Waals surface area contributed by atoms with Gasteiger partial charge in [-0.05, 0) is 38.5 Å². The SMILES string of the molecule is Cc1cnc(-c2cc(OCC3(C)CCOC3)cc(C(=O)N[C@@H](C)c3cnc(C(F)(F)F)nc3)c2)s1. The van der Waals surface area contributed by atoms with Gasteiger partial charge >= 0.3 is 6.18 Å². The summed E-state index contributed by atoms with van der Waals surface area (Å²) in [7, 11) is 0. The molecule has 0 bridgehead atoms. The van der Waals surface area contributed by atoms with Crippen molar-refractivity contribution in [1.29, 1.82) is 0 Å². The average molecular weight is 507 g/mol. The predicted molar refractivity (Wildman–Crippen MR) is 124 cm³/mol. The Bertz CT molecular complexity index is 1190. The summed E-state index contributed by atoms with van der Waals surface area (Å²) in [5, 5.41) is 3.55. The van der Waals surface area contributed by atoms with Gasteiger partial charge in [-0.1, -0.05) is 6.92 Å². The molecule has 0 aliphatic carbocycles. The molecule has 0 saturated carbocycles. The molecule has 7 nitrogen and oxygen atoms in total. The number of nitrogens with zero attached hydrogens (tertiary/aromatic N) is 3. The maximum Gasteiger partial charge on any atom is 0.451 e. The van der Waals surface area contributed by atoms with Crippen LogP contribution in [0.5, 0.6) is 5.75 Å². The van der Waals surface area contributed by atoms with E-state index in [1.165, 1.54) is 11.3 Å². The number of hydrogen-bond acceptors (Lipinski definition) is 7. The Morgan fingerprint density at radius 1 is 1.23 bits per heavy atom. The van der Waals surface area contributed by atoms with Crippen molar-refractivity contribution < 1.29 is 27.4 Å². The monoisotopic (exact) mass is 506 g/mol. The van der Waals surface area contributed by atoms with Gasteiger partial charge in [-0.15, -0.1) is 11.3 Å². The fourth-order valence-electron chi connectivity index (χ4n) is 3.58. The molecule has 1 aliphatic rings. The van der Waals surface area contributed by atoms with Gasteiger partial charge in [0.2, 0.25) is 5.82 Å². The number of nitrogens with one attached hydrogen (secondary N) is 1. The van der Waals surface area contributed by atoms with E-state index in [9.17, 15) is 18.0 Å². The summed E-state index contributed by atoms with van der Waals surface area (Å²) in [4.78, 5) is 25.3. The second kappa shape index (κ2) is 9.90. The van der Waals surface area contributed by atoms with Gasteiger partial charge in [0, 0.05) is 52.2 Å². The number of hydrogen-bond donors (Lipinski definition) is 1. The normalized spacial score (nSPS) is 18.9. The Kier molecular flexibility index (Phi) is 7.09. The van der Waals surface area contributed by atoms with Crippen LogP contribution < -0.4 is 10.1 Å². The van der Waals surface area contributed by atoms with E-state index in [0.29, 0.717) is 36.7 Å². The van der Waals surface area contributed by atoms with E-state index in [4.69, 9.17) is 9.47 Å². The van der Waals surface area contributed by atoms with Gasteiger partial charge in [-0.2, -0.15) is 13.2 Å². The number of rotatable bonds is 7. The van der Waals surface area contributed by atoms with Crippen molar-refractivity contribution in [2.75, 3.05) is 19.8 Å². The third kappa shape index (κ3) is 6.15. The average Bonchev–Trinajstić information content (AvgIpc) is 3.46. The van der Waals surface area contributed by atoms with Crippen LogP contribution in [0, 0.1) is 12.3 Å². The van der Waals surface area contributed by atoms with Crippen LogP contribution in [0.4, 0.5) is 13.2 Å². The van der Waals surface area contributed by atoms with Crippen molar-refractivity contribution in [1.82, 2.24) is 20.3 Å². The van der Waals surface area contributed by atoms with E-state index in [0.717, 1.165) is 34.3 Å². The van der Waals surface area contributed by atoms with Gasteiger partial charge in [0.1, 0.15) is 10.8 Å². The van der Waals surface area contributed by atoms with Crippen LogP contribution in [0.3, 0.4) is 0 Å². The minimum absolute atomic E-state index is 0.104. The first-order chi connectivity index (χ1) is 16.5. The summed E-state index contributed by atoms with van der Waals surface area (Å²) in [5.74, 6) is -1.11. The molecular formula is C24H25F3N4O3S. The first-order valence-corrected chi connectivity index (χ1v) is 11.8. The minimum Gasteiger partial charge on any atom is -0.493 e. The maximum atomic E-state index is 13.1. The highest BCUT2D eigenvalue weighted by Crippen LogP contribution is 2.33. The Labute approximate surface area is 204 Å². The summed E-state index contributed by atoms with van der Waals surface area (Å²) >= 11 is 1.50. The van der Waals surface area contributed by atoms with Gasteiger partial charge in [0.25, 0.3) is 5.91 Å². The third-order valence-electron chi connectivity index (χ3n) is 5.70. The topological polar surface area (TPSA) is 86.2 Å². The van der Waals surface area contributed by atoms with Crippen molar-refractivity contribution in [2.45, 2.75) is 39.4 Å². The zero-order valence-electron chi connectivity index (χ0n) is 19.5. The fraction of sp³-hybridized carbons (Fsp3) is 0.417. The second-order valence-electron chi connectivity index (χ2n) is 8.96. The number of thiazole rings is 1. The van der Waals surface area contributed by atoms with E-state index in [-0.39, 0.29) is 5.41 Å². The van der Waals surface area contributed by atoms with E-state index in [1.807, 2.05) is 13.0 Å². The molecule has 1 unspecified atom stereocenters. The van der Waals surface area contributed by atoms with Gasteiger partial charge < -0.3 is 14.8 Å². The molecule has 1 saturated heterocycles. The minimum atomic E-state index is -4.63. The summed E-state index contributed by atoms with van der Waals surface area (Å²) < 4.78 is 49.8. The molecule has 4 rings (SSSR count). The molecule has 0 spiro atoms. The molecule has 11 heteroatoms. The molecular weight excluding hydrogens is 481 g/mol. The van der Waals surface area contributed by atoms with E-state index < -0.39 is 23.9 Å². The number of halogens is 3. The smallest absolute Gasteiger partial charge is 0.451 e. The number of amides is 1. The largest absolute Gasteiger partial charge is 0.493 e. The highest BCUT2D eigenvalue weighted by molar-refractivity contribution is 7.14. The van der Waals surface area contributed by atoms with Crippen LogP contribution in [0.15, 0.2) is 36.8 Å². The number of ether oxygens (including phenoxy) is 2. The number of carbonyl (C=O) groups is 1. The molecule has 0 radical (unpaired) electrons. The highest BCUT2D eigenvalue weighted by Gasteiger charge is 2.34. The summed E-state index contributed by atoms with van der Waals surface area (Å²) in [6, 6.07) is 4.60.